The number of amides is 1. The van der Waals surface area contributed by atoms with Crippen molar-refractivity contribution in [1.29, 1.82) is 0 Å². The highest BCUT2D eigenvalue weighted by atomic mass is 16.2. The van der Waals surface area contributed by atoms with E-state index in [0.29, 0.717) is 23.9 Å². The predicted molar refractivity (Wildman–Crippen MR) is 136 cm³/mol. The number of carbonyl (C=O) groups is 1. The van der Waals surface area contributed by atoms with Crippen LogP contribution in [0.5, 0.6) is 0 Å². The summed E-state index contributed by atoms with van der Waals surface area (Å²) in [7, 11) is 0. The van der Waals surface area contributed by atoms with E-state index in [4.69, 9.17) is 0 Å². The van der Waals surface area contributed by atoms with E-state index in [9.17, 15) is 9.59 Å². The molecule has 0 unspecified atom stereocenters. The summed E-state index contributed by atoms with van der Waals surface area (Å²) >= 11 is 0. The molecule has 2 aromatic heterocycles. The highest BCUT2D eigenvalue weighted by molar-refractivity contribution is 6.07. The van der Waals surface area contributed by atoms with Crippen molar-refractivity contribution in [2.24, 2.45) is 11.8 Å². The number of nitrogens with zero attached hydrogens (tertiary/aromatic N) is 3. The smallest absolute Gasteiger partial charge is 0.291 e. The second-order valence-electron chi connectivity index (χ2n) is 9.84. The molecule has 0 saturated heterocycles. The molecule has 1 amide bonds. The Hall–Kier alpha value is -3.41. The van der Waals surface area contributed by atoms with Crippen molar-refractivity contribution < 1.29 is 4.79 Å². The molecular formula is C28H32N4O2. The maximum absolute atomic E-state index is 13.6. The Bertz CT molecular complexity index is 1420. The zero-order valence-electron chi connectivity index (χ0n) is 20.1. The highest BCUT2D eigenvalue weighted by Gasteiger charge is 2.28. The Morgan fingerprint density at radius 1 is 1.06 bits per heavy atom. The van der Waals surface area contributed by atoms with Crippen molar-refractivity contribution in [2.45, 2.75) is 59.2 Å². The number of benzene rings is 2. The number of aromatic nitrogens is 3. The van der Waals surface area contributed by atoms with Gasteiger partial charge in [0.25, 0.3) is 5.56 Å². The van der Waals surface area contributed by atoms with Crippen LogP contribution in [-0.2, 0) is 17.9 Å². The van der Waals surface area contributed by atoms with Gasteiger partial charge in [-0.2, -0.15) is 5.10 Å². The van der Waals surface area contributed by atoms with Gasteiger partial charge in [0.1, 0.15) is 12.1 Å². The number of fused-ring (bicyclic) bond motifs is 3. The van der Waals surface area contributed by atoms with Gasteiger partial charge in [0.05, 0.1) is 6.20 Å². The lowest BCUT2D eigenvalue weighted by Crippen LogP contribution is -2.45. The van der Waals surface area contributed by atoms with Gasteiger partial charge < -0.3 is 9.88 Å². The molecule has 1 N–H and O–H groups in total. The molecule has 2 aromatic carbocycles. The largest absolute Gasteiger partial charge is 0.351 e. The fourth-order valence-electron chi connectivity index (χ4n) is 5.40. The van der Waals surface area contributed by atoms with Gasteiger partial charge in [0.15, 0.2) is 0 Å². The number of aryl methyl sites for hydroxylation is 1. The van der Waals surface area contributed by atoms with Crippen molar-refractivity contribution in [3.05, 3.63) is 76.2 Å². The van der Waals surface area contributed by atoms with Crippen LogP contribution in [-0.4, -0.2) is 26.3 Å². The molecule has 0 spiro atoms. The average Bonchev–Trinajstić information content (AvgIpc) is 3.14. The number of carbonyl (C=O) groups excluding carboxylic acids is 1. The molecule has 4 aromatic rings. The Morgan fingerprint density at radius 2 is 1.82 bits per heavy atom. The van der Waals surface area contributed by atoms with E-state index in [1.165, 1.54) is 16.7 Å². The predicted octanol–water partition coefficient (Wildman–Crippen LogP) is 4.65. The van der Waals surface area contributed by atoms with Crippen molar-refractivity contribution in [2.75, 3.05) is 0 Å². The molecule has 34 heavy (non-hydrogen) atoms. The normalized spacial score (nSPS) is 20.6. The van der Waals surface area contributed by atoms with Crippen LogP contribution in [0.3, 0.4) is 0 Å². The van der Waals surface area contributed by atoms with Gasteiger partial charge in [-0.25, -0.2) is 4.68 Å². The van der Waals surface area contributed by atoms with Gasteiger partial charge in [-0.1, -0.05) is 69.2 Å². The SMILES string of the molecule is Cc1ccccc1Cn1c2ccccc2c2cnn(CC(=O)N[C@@H]3CCC[C@@H](C)[C@H]3C)c(=O)c21. The third-order valence-electron chi connectivity index (χ3n) is 7.71. The van der Waals surface area contributed by atoms with E-state index in [0.717, 1.165) is 34.7 Å². The summed E-state index contributed by atoms with van der Waals surface area (Å²) in [4.78, 5) is 26.5. The van der Waals surface area contributed by atoms with Crippen molar-refractivity contribution in [3.63, 3.8) is 0 Å². The third-order valence-corrected chi connectivity index (χ3v) is 7.71. The first-order valence-corrected chi connectivity index (χ1v) is 12.2. The van der Waals surface area contributed by atoms with Crippen molar-refractivity contribution in [1.82, 2.24) is 19.7 Å². The molecule has 6 nitrogen and oxygen atoms in total. The summed E-state index contributed by atoms with van der Waals surface area (Å²) in [5, 5.41) is 9.37. The minimum atomic E-state index is -0.234. The lowest BCUT2D eigenvalue weighted by Gasteiger charge is -2.34. The Balaban J connectivity index is 1.52. The lowest BCUT2D eigenvalue weighted by molar-refractivity contribution is -0.123. The molecule has 5 rings (SSSR count). The number of hydrogen-bond acceptors (Lipinski definition) is 3. The first kappa shape index (κ1) is 22.4. The molecule has 1 saturated carbocycles. The van der Waals surface area contributed by atoms with Crippen molar-refractivity contribution >= 4 is 27.7 Å². The van der Waals surface area contributed by atoms with E-state index >= 15 is 0 Å². The molecule has 3 atom stereocenters. The van der Waals surface area contributed by atoms with Crippen LogP contribution >= 0.6 is 0 Å². The number of para-hydroxylation sites is 1. The van der Waals surface area contributed by atoms with E-state index in [1.54, 1.807) is 6.20 Å². The number of rotatable bonds is 5. The van der Waals surface area contributed by atoms with Crippen LogP contribution < -0.4 is 10.9 Å². The summed E-state index contributed by atoms with van der Waals surface area (Å²) in [6, 6.07) is 16.4. The fraction of sp³-hybridized carbons (Fsp3) is 0.393. The van der Waals surface area contributed by atoms with Gasteiger partial charge in [-0.15, -0.1) is 0 Å². The molecule has 0 radical (unpaired) electrons. The van der Waals surface area contributed by atoms with Crippen LogP contribution in [0.2, 0.25) is 0 Å². The molecule has 1 aliphatic carbocycles. The van der Waals surface area contributed by atoms with E-state index < -0.39 is 0 Å². The molecule has 6 heteroatoms. The van der Waals surface area contributed by atoms with E-state index in [1.807, 2.05) is 36.4 Å². The molecule has 176 valence electrons. The molecule has 1 aliphatic rings. The van der Waals surface area contributed by atoms with Crippen LogP contribution in [0.4, 0.5) is 0 Å². The quantitative estimate of drug-likeness (QED) is 0.475. The van der Waals surface area contributed by atoms with Gasteiger partial charge in [0, 0.05) is 28.9 Å². The molecule has 0 bridgehead atoms. The zero-order chi connectivity index (χ0) is 23.8. The minimum absolute atomic E-state index is 0.0712. The molecule has 1 fully saturated rings. The number of nitrogens with one attached hydrogen (secondary N) is 1. The topological polar surface area (TPSA) is 68.9 Å². The minimum Gasteiger partial charge on any atom is -0.351 e. The zero-order valence-corrected chi connectivity index (χ0v) is 20.1. The summed E-state index contributed by atoms with van der Waals surface area (Å²) in [5.74, 6) is 0.872. The Morgan fingerprint density at radius 3 is 2.65 bits per heavy atom. The summed E-state index contributed by atoms with van der Waals surface area (Å²) in [5.41, 5.74) is 3.69. The fourth-order valence-corrected chi connectivity index (χ4v) is 5.40. The monoisotopic (exact) mass is 456 g/mol. The number of hydrogen-bond donors (Lipinski definition) is 1. The van der Waals surface area contributed by atoms with Gasteiger partial charge in [-0.3, -0.25) is 9.59 Å². The summed E-state index contributed by atoms with van der Waals surface area (Å²) in [6.45, 7) is 7.05. The highest BCUT2D eigenvalue weighted by Crippen LogP contribution is 2.30. The summed E-state index contributed by atoms with van der Waals surface area (Å²) < 4.78 is 3.37. The molecule has 0 aliphatic heterocycles. The second-order valence-corrected chi connectivity index (χ2v) is 9.84. The molecular weight excluding hydrogens is 424 g/mol. The van der Waals surface area contributed by atoms with Crippen molar-refractivity contribution in [3.8, 4) is 0 Å². The van der Waals surface area contributed by atoms with Crippen LogP contribution in [0, 0.1) is 18.8 Å². The van der Waals surface area contributed by atoms with Gasteiger partial charge >= 0.3 is 0 Å². The first-order chi connectivity index (χ1) is 16.4. The first-order valence-electron chi connectivity index (χ1n) is 12.2. The lowest BCUT2D eigenvalue weighted by atomic mass is 9.78. The standard InChI is InChI=1S/C28H32N4O2/c1-18-10-8-13-24(20(18)3)30-26(33)17-32-28(34)27-23(15-29-32)22-12-6-7-14-25(22)31(27)16-21-11-5-4-9-19(21)2/h4-7,9,11-12,14-15,18,20,24H,8,10,13,16-17H2,1-3H3,(H,30,33)/t18-,20-,24-/m1/s1. The van der Waals surface area contributed by atoms with Crippen LogP contribution in [0.25, 0.3) is 21.8 Å². The average molecular weight is 457 g/mol. The maximum atomic E-state index is 13.6. The van der Waals surface area contributed by atoms with Crippen LogP contribution in [0.15, 0.2) is 59.5 Å². The van der Waals surface area contributed by atoms with Gasteiger partial charge in [0.2, 0.25) is 5.91 Å². The van der Waals surface area contributed by atoms with Gasteiger partial charge in [-0.05, 0) is 42.4 Å². The van der Waals surface area contributed by atoms with Crippen LogP contribution in [0.1, 0.15) is 44.2 Å². The Labute approximate surface area is 199 Å². The summed E-state index contributed by atoms with van der Waals surface area (Å²) in [6.07, 6.45) is 5.05. The molecule has 2 heterocycles. The second kappa shape index (κ2) is 9.09. The Kier molecular flexibility index (Phi) is 5.98. The third kappa shape index (κ3) is 4.02. The van der Waals surface area contributed by atoms with E-state index in [-0.39, 0.29) is 24.1 Å². The maximum Gasteiger partial charge on any atom is 0.291 e. The van der Waals surface area contributed by atoms with E-state index in [2.05, 4.69) is 47.9 Å².